The van der Waals surface area contributed by atoms with Crippen molar-refractivity contribution in [2.75, 3.05) is 13.2 Å². The molecule has 1 amide bonds. The lowest BCUT2D eigenvalue weighted by Gasteiger charge is -2.10. The largest absolute Gasteiger partial charge is 0.494 e. The summed E-state index contributed by atoms with van der Waals surface area (Å²) in [7, 11) is 0. The number of carboxylic acid groups (broad SMARTS) is 1. The van der Waals surface area contributed by atoms with Gasteiger partial charge in [-0.1, -0.05) is 75.1 Å². The van der Waals surface area contributed by atoms with Gasteiger partial charge in [0, 0.05) is 0 Å². The molecule has 1 heterocycles. The number of carbonyl (C=O) groups is 2. The number of hydrogen-bond donors (Lipinski definition) is 1. The van der Waals surface area contributed by atoms with E-state index in [1.165, 1.54) is 32.1 Å². The molecule has 1 aromatic carbocycles. The van der Waals surface area contributed by atoms with E-state index in [-0.39, 0.29) is 10.2 Å². The summed E-state index contributed by atoms with van der Waals surface area (Å²) in [6, 6.07) is 7.50. The zero-order valence-electron chi connectivity index (χ0n) is 15.5. The van der Waals surface area contributed by atoms with Gasteiger partial charge in [-0.2, -0.15) is 0 Å². The highest BCUT2D eigenvalue weighted by atomic mass is 32.2. The molecule has 1 aliphatic rings. The summed E-state index contributed by atoms with van der Waals surface area (Å²) >= 11 is 6.21. The minimum absolute atomic E-state index is 0.271. The van der Waals surface area contributed by atoms with Gasteiger partial charge in [-0.25, -0.2) is 0 Å². The minimum Gasteiger partial charge on any atom is -0.494 e. The highest BCUT2D eigenvalue weighted by Crippen LogP contribution is 2.32. The molecule has 1 aliphatic heterocycles. The second-order valence-corrected chi connectivity index (χ2v) is 8.02. The number of ether oxygens (including phenoxy) is 1. The van der Waals surface area contributed by atoms with Gasteiger partial charge in [-0.15, -0.1) is 0 Å². The van der Waals surface area contributed by atoms with E-state index in [0.717, 1.165) is 34.4 Å². The van der Waals surface area contributed by atoms with Crippen LogP contribution in [0, 0.1) is 0 Å². The Morgan fingerprint density at radius 1 is 1.19 bits per heavy atom. The standard InChI is InChI=1S/C20H25NO4S2/c1-2-3-4-5-6-7-12-25-16-10-8-15(9-11-16)13-17-19(24)21(14-18(22)23)20(26)27-17/h8-11,13H,2-7,12,14H2,1H3,(H,22,23)/b17-13-. The van der Waals surface area contributed by atoms with E-state index in [1.54, 1.807) is 6.08 Å². The topological polar surface area (TPSA) is 66.8 Å². The first-order valence-electron chi connectivity index (χ1n) is 9.21. The van der Waals surface area contributed by atoms with E-state index in [4.69, 9.17) is 22.1 Å². The SMILES string of the molecule is CCCCCCCCOc1ccc(/C=C2\SC(=S)N(CC(=O)O)C2=O)cc1. The van der Waals surface area contributed by atoms with Crippen LogP contribution in [-0.4, -0.2) is 39.4 Å². The molecule has 1 aromatic rings. The van der Waals surface area contributed by atoms with E-state index in [0.29, 0.717) is 11.5 Å². The monoisotopic (exact) mass is 407 g/mol. The van der Waals surface area contributed by atoms with Crippen molar-refractivity contribution in [3.63, 3.8) is 0 Å². The van der Waals surface area contributed by atoms with E-state index < -0.39 is 12.5 Å². The Kier molecular flexibility index (Phi) is 8.81. The number of nitrogens with zero attached hydrogens (tertiary/aromatic N) is 1. The fourth-order valence-corrected chi connectivity index (χ4v) is 3.91. The van der Waals surface area contributed by atoms with Gasteiger partial charge in [0.15, 0.2) is 0 Å². The number of benzene rings is 1. The zero-order chi connectivity index (χ0) is 19.6. The third-order valence-corrected chi connectivity index (χ3v) is 5.49. The quantitative estimate of drug-likeness (QED) is 0.325. The highest BCUT2D eigenvalue weighted by molar-refractivity contribution is 8.26. The van der Waals surface area contributed by atoms with Crippen LogP contribution in [0.5, 0.6) is 5.75 Å². The Hall–Kier alpha value is -1.86. The van der Waals surface area contributed by atoms with Crippen molar-refractivity contribution in [1.29, 1.82) is 0 Å². The molecule has 5 nitrogen and oxygen atoms in total. The number of unbranched alkanes of at least 4 members (excludes halogenated alkanes) is 5. The summed E-state index contributed by atoms with van der Waals surface area (Å²) in [5.74, 6) is -0.644. The minimum atomic E-state index is -1.08. The summed E-state index contributed by atoms with van der Waals surface area (Å²) in [6.45, 7) is 2.51. The molecule has 0 bridgehead atoms. The predicted molar refractivity (Wildman–Crippen MR) is 113 cm³/mol. The summed E-state index contributed by atoms with van der Waals surface area (Å²) in [4.78, 5) is 24.6. The fraction of sp³-hybridized carbons (Fsp3) is 0.450. The number of thioether (sulfide) groups is 1. The lowest BCUT2D eigenvalue weighted by Crippen LogP contribution is -2.33. The van der Waals surface area contributed by atoms with Crippen LogP contribution in [0.3, 0.4) is 0 Å². The number of thiocarbonyl (C=S) groups is 1. The first-order valence-corrected chi connectivity index (χ1v) is 10.4. The lowest BCUT2D eigenvalue weighted by molar-refractivity contribution is -0.140. The van der Waals surface area contributed by atoms with Gasteiger partial charge in [0.05, 0.1) is 11.5 Å². The van der Waals surface area contributed by atoms with Gasteiger partial charge in [0.25, 0.3) is 5.91 Å². The Morgan fingerprint density at radius 3 is 2.52 bits per heavy atom. The molecule has 0 saturated carbocycles. The van der Waals surface area contributed by atoms with E-state index in [1.807, 2.05) is 24.3 Å². The molecule has 0 spiro atoms. The maximum Gasteiger partial charge on any atom is 0.323 e. The van der Waals surface area contributed by atoms with Gasteiger partial charge in [-0.3, -0.25) is 14.5 Å². The van der Waals surface area contributed by atoms with Crippen molar-refractivity contribution in [3.8, 4) is 5.75 Å². The molecule has 0 radical (unpaired) electrons. The average Bonchev–Trinajstić information content (AvgIpc) is 2.89. The van der Waals surface area contributed by atoms with Crippen LogP contribution in [-0.2, 0) is 9.59 Å². The van der Waals surface area contributed by atoms with Gasteiger partial charge in [0.1, 0.15) is 16.6 Å². The van der Waals surface area contributed by atoms with Gasteiger partial charge < -0.3 is 9.84 Å². The second kappa shape index (κ2) is 11.1. The molecule has 0 aliphatic carbocycles. The molecular weight excluding hydrogens is 382 g/mol. The van der Waals surface area contributed by atoms with E-state index in [9.17, 15) is 9.59 Å². The van der Waals surface area contributed by atoms with Crippen molar-refractivity contribution in [2.45, 2.75) is 45.4 Å². The van der Waals surface area contributed by atoms with Crippen molar-refractivity contribution in [1.82, 2.24) is 4.90 Å². The summed E-state index contributed by atoms with van der Waals surface area (Å²) in [5.41, 5.74) is 0.845. The molecule has 7 heteroatoms. The Bertz CT molecular complexity index is 700. The normalized spacial score (nSPS) is 15.6. The molecule has 1 saturated heterocycles. The van der Waals surface area contributed by atoms with Crippen LogP contribution in [0.15, 0.2) is 29.2 Å². The van der Waals surface area contributed by atoms with Crippen LogP contribution in [0.4, 0.5) is 0 Å². The number of hydrogen-bond acceptors (Lipinski definition) is 5. The lowest BCUT2D eigenvalue weighted by atomic mass is 10.1. The first kappa shape index (κ1) is 21.4. The van der Waals surface area contributed by atoms with Crippen molar-refractivity contribution in [2.24, 2.45) is 0 Å². The molecule has 0 aromatic heterocycles. The maximum absolute atomic E-state index is 12.3. The molecule has 27 heavy (non-hydrogen) atoms. The third-order valence-electron chi connectivity index (χ3n) is 4.11. The molecule has 0 unspecified atom stereocenters. The number of rotatable bonds is 11. The summed E-state index contributed by atoms with van der Waals surface area (Å²) in [6.07, 6.45) is 9.08. The molecule has 146 valence electrons. The molecule has 0 atom stereocenters. The number of carboxylic acids is 1. The second-order valence-electron chi connectivity index (χ2n) is 6.35. The maximum atomic E-state index is 12.3. The molecular formula is C20H25NO4S2. The van der Waals surface area contributed by atoms with Gasteiger partial charge in [-0.05, 0) is 30.2 Å². The van der Waals surface area contributed by atoms with Gasteiger partial charge in [0.2, 0.25) is 0 Å². The van der Waals surface area contributed by atoms with Crippen molar-refractivity contribution >= 4 is 46.3 Å². The Balaban J connectivity index is 1.83. The molecule has 2 rings (SSSR count). The van der Waals surface area contributed by atoms with Crippen LogP contribution in [0.1, 0.15) is 51.0 Å². The molecule has 1 N–H and O–H groups in total. The van der Waals surface area contributed by atoms with Gasteiger partial charge >= 0.3 is 5.97 Å². The third kappa shape index (κ3) is 6.99. The molecule has 1 fully saturated rings. The van der Waals surface area contributed by atoms with Crippen molar-refractivity contribution in [3.05, 3.63) is 34.7 Å². The Labute approximate surface area is 169 Å². The van der Waals surface area contributed by atoms with Crippen LogP contribution >= 0.6 is 24.0 Å². The average molecular weight is 408 g/mol. The number of aliphatic carboxylic acids is 1. The summed E-state index contributed by atoms with van der Waals surface area (Å²) in [5, 5.41) is 8.86. The number of amides is 1. The van der Waals surface area contributed by atoms with E-state index >= 15 is 0 Å². The van der Waals surface area contributed by atoms with Crippen molar-refractivity contribution < 1.29 is 19.4 Å². The predicted octanol–water partition coefficient (Wildman–Crippen LogP) is 4.71. The van der Waals surface area contributed by atoms with Crippen LogP contribution in [0.25, 0.3) is 6.08 Å². The highest BCUT2D eigenvalue weighted by Gasteiger charge is 2.33. The fourth-order valence-electron chi connectivity index (χ4n) is 2.66. The number of carbonyl (C=O) groups excluding carboxylic acids is 1. The van der Waals surface area contributed by atoms with Crippen LogP contribution in [0.2, 0.25) is 0 Å². The summed E-state index contributed by atoms with van der Waals surface area (Å²) < 4.78 is 6.02. The van der Waals surface area contributed by atoms with Crippen LogP contribution < -0.4 is 4.74 Å². The smallest absolute Gasteiger partial charge is 0.323 e. The zero-order valence-corrected chi connectivity index (χ0v) is 17.1. The Morgan fingerprint density at radius 2 is 1.85 bits per heavy atom. The van der Waals surface area contributed by atoms with E-state index in [2.05, 4.69) is 6.92 Å². The first-order chi connectivity index (χ1) is 13.0.